The lowest BCUT2D eigenvalue weighted by Crippen LogP contribution is -2.45. The fourth-order valence-corrected chi connectivity index (χ4v) is 5.30. The van der Waals surface area contributed by atoms with Gasteiger partial charge in [-0.1, -0.05) is 6.07 Å². The summed E-state index contributed by atoms with van der Waals surface area (Å²) in [4.78, 5) is 14.7. The standard InChI is InChI=1S/C27H38N6O2/c1-19-16-20(2)26-24(17-19)33(18-23-25(34)5-4-21(3)28-23)27(30-26)29-22-6-8-31(9-7-22)10-11-32-12-14-35-15-13-32/h4-5,16-17,22,34H,6-15,18H2,1-3H3,(H,29,30). The number of hydrogen-bond acceptors (Lipinski definition) is 7. The van der Waals surface area contributed by atoms with Gasteiger partial charge in [-0.25, -0.2) is 4.98 Å². The number of nitrogens with one attached hydrogen (secondary N) is 1. The number of hydrogen-bond donors (Lipinski definition) is 2. The average molecular weight is 479 g/mol. The topological polar surface area (TPSA) is 78.7 Å². The molecule has 35 heavy (non-hydrogen) atoms. The highest BCUT2D eigenvalue weighted by Gasteiger charge is 2.23. The molecule has 0 aliphatic carbocycles. The summed E-state index contributed by atoms with van der Waals surface area (Å²) in [5.74, 6) is 1.09. The molecule has 5 rings (SSSR count). The zero-order valence-electron chi connectivity index (χ0n) is 21.3. The Balaban J connectivity index is 1.30. The number of piperidine rings is 1. The number of aryl methyl sites for hydroxylation is 3. The molecule has 0 amide bonds. The summed E-state index contributed by atoms with van der Waals surface area (Å²) in [5, 5.41) is 14.2. The zero-order chi connectivity index (χ0) is 24.4. The molecule has 2 fully saturated rings. The highest BCUT2D eigenvalue weighted by atomic mass is 16.5. The lowest BCUT2D eigenvalue weighted by molar-refractivity contribution is 0.0322. The monoisotopic (exact) mass is 478 g/mol. The van der Waals surface area contributed by atoms with E-state index in [9.17, 15) is 5.11 Å². The number of aromatic nitrogens is 3. The maximum atomic E-state index is 10.5. The largest absolute Gasteiger partial charge is 0.506 e. The van der Waals surface area contributed by atoms with Gasteiger partial charge in [0.05, 0.1) is 30.8 Å². The minimum atomic E-state index is 0.223. The third kappa shape index (κ3) is 5.60. The van der Waals surface area contributed by atoms with E-state index in [4.69, 9.17) is 9.72 Å². The molecular weight excluding hydrogens is 440 g/mol. The molecule has 1 aromatic carbocycles. The van der Waals surface area contributed by atoms with Crippen molar-refractivity contribution in [2.24, 2.45) is 0 Å². The molecule has 2 N–H and O–H groups in total. The lowest BCUT2D eigenvalue weighted by Gasteiger charge is -2.34. The molecule has 0 spiro atoms. The van der Waals surface area contributed by atoms with Gasteiger partial charge in [0.15, 0.2) is 0 Å². The normalized spacial score (nSPS) is 18.4. The molecule has 2 saturated heterocycles. The zero-order valence-corrected chi connectivity index (χ0v) is 21.3. The van der Waals surface area contributed by atoms with E-state index in [0.29, 0.717) is 18.3 Å². The maximum Gasteiger partial charge on any atom is 0.204 e. The van der Waals surface area contributed by atoms with Crippen molar-refractivity contribution in [2.45, 2.75) is 46.2 Å². The quantitative estimate of drug-likeness (QED) is 0.539. The van der Waals surface area contributed by atoms with Crippen molar-refractivity contribution in [1.29, 1.82) is 0 Å². The molecule has 2 aromatic heterocycles. The van der Waals surface area contributed by atoms with E-state index >= 15 is 0 Å². The van der Waals surface area contributed by atoms with Gasteiger partial charge in [0.1, 0.15) is 11.4 Å². The Morgan fingerprint density at radius 3 is 2.43 bits per heavy atom. The first kappa shape index (κ1) is 24.0. The van der Waals surface area contributed by atoms with Crippen molar-refractivity contribution < 1.29 is 9.84 Å². The fourth-order valence-electron chi connectivity index (χ4n) is 5.30. The fraction of sp³-hybridized carbons (Fsp3) is 0.556. The number of morpholine rings is 1. The minimum Gasteiger partial charge on any atom is -0.506 e. The molecule has 2 aliphatic rings. The second-order valence-corrected chi connectivity index (χ2v) is 10.1. The molecule has 0 bridgehead atoms. The lowest BCUT2D eigenvalue weighted by atomic mass is 10.1. The van der Waals surface area contributed by atoms with Gasteiger partial charge in [0.25, 0.3) is 0 Å². The Morgan fingerprint density at radius 1 is 0.971 bits per heavy atom. The Kier molecular flexibility index (Phi) is 7.22. The summed E-state index contributed by atoms with van der Waals surface area (Å²) >= 11 is 0. The summed E-state index contributed by atoms with van der Waals surface area (Å²) in [7, 11) is 0. The van der Waals surface area contributed by atoms with Crippen molar-refractivity contribution in [3.63, 3.8) is 0 Å². The Morgan fingerprint density at radius 2 is 1.69 bits per heavy atom. The van der Waals surface area contributed by atoms with Crippen LogP contribution in [-0.2, 0) is 11.3 Å². The van der Waals surface area contributed by atoms with E-state index in [-0.39, 0.29) is 5.75 Å². The van der Waals surface area contributed by atoms with Gasteiger partial charge in [0.2, 0.25) is 5.95 Å². The number of aromatic hydroxyl groups is 1. The first-order valence-corrected chi connectivity index (χ1v) is 12.9. The molecule has 0 atom stereocenters. The number of imidazole rings is 1. The van der Waals surface area contributed by atoms with Crippen LogP contribution in [0, 0.1) is 20.8 Å². The number of benzene rings is 1. The van der Waals surface area contributed by atoms with Gasteiger partial charge in [-0.3, -0.25) is 9.88 Å². The van der Waals surface area contributed by atoms with Gasteiger partial charge in [-0.2, -0.15) is 0 Å². The number of fused-ring (bicyclic) bond motifs is 1. The van der Waals surface area contributed by atoms with Crippen LogP contribution in [0.25, 0.3) is 11.0 Å². The van der Waals surface area contributed by atoms with Crippen molar-refractivity contribution in [2.75, 3.05) is 57.8 Å². The van der Waals surface area contributed by atoms with E-state index in [1.807, 2.05) is 13.0 Å². The van der Waals surface area contributed by atoms with Crippen LogP contribution in [0.3, 0.4) is 0 Å². The van der Waals surface area contributed by atoms with Crippen LogP contribution < -0.4 is 5.32 Å². The van der Waals surface area contributed by atoms with Crippen molar-refractivity contribution in [3.05, 3.63) is 46.8 Å². The summed E-state index contributed by atoms with van der Waals surface area (Å²) in [6, 6.07) is 8.31. The molecule has 4 heterocycles. The molecule has 0 saturated carbocycles. The van der Waals surface area contributed by atoms with Crippen LogP contribution in [0.4, 0.5) is 5.95 Å². The predicted molar refractivity (Wildman–Crippen MR) is 139 cm³/mol. The van der Waals surface area contributed by atoms with E-state index in [1.165, 1.54) is 11.1 Å². The Bertz CT molecular complexity index is 1160. The minimum absolute atomic E-state index is 0.223. The van der Waals surface area contributed by atoms with Gasteiger partial charge < -0.3 is 24.6 Å². The summed E-state index contributed by atoms with van der Waals surface area (Å²) in [5.41, 5.74) is 6.03. The van der Waals surface area contributed by atoms with Crippen LogP contribution in [0.5, 0.6) is 5.75 Å². The molecule has 188 valence electrons. The van der Waals surface area contributed by atoms with Crippen LogP contribution >= 0.6 is 0 Å². The Hall–Kier alpha value is -2.68. The van der Waals surface area contributed by atoms with Crippen LogP contribution in [-0.4, -0.2) is 88.0 Å². The van der Waals surface area contributed by atoms with Crippen molar-refractivity contribution in [3.8, 4) is 5.75 Å². The summed E-state index contributed by atoms with van der Waals surface area (Å²) in [6.45, 7) is 15.0. The number of rotatable bonds is 7. The average Bonchev–Trinajstić information content (AvgIpc) is 3.18. The first-order chi connectivity index (χ1) is 17.0. The predicted octanol–water partition coefficient (Wildman–Crippen LogP) is 3.32. The summed E-state index contributed by atoms with van der Waals surface area (Å²) < 4.78 is 7.65. The number of anilines is 1. The van der Waals surface area contributed by atoms with Gasteiger partial charge >= 0.3 is 0 Å². The third-order valence-electron chi connectivity index (χ3n) is 7.34. The smallest absolute Gasteiger partial charge is 0.204 e. The maximum absolute atomic E-state index is 10.5. The SMILES string of the molecule is Cc1cc(C)c2nc(NC3CCN(CCN4CCOCC4)CC3)n(Cc3nc(C)ccc3O)c2c1. The summed E-state index contributed by atoms with van der Waals surface area (Å²) in [6.07, 6.45) is 2.19. The van der Waals surface area contributed by atoms with Gasteiger partial charge in [-0.15, -0.1) is 0 Å². The van der Waals surface area contributed by atoms with E-state index < -0.39 is 0 Å². The number of likely N-dealkylation sites (tertiary alicyclic amines) is 1. The van der Waals surface area contributed by atoms with E-state index in [0.717, 1.165) is 88.0 Å². The third-order valence-corrected chi connectivity index (χ3v) is 7.34. The highest BCUT2D eigenvalue weighted by Crippen LogP contribution is 2.28. The second kappa shape index (κ2) is 10.5. The number of nitrogens with zero attached hydrogens (tertiary/aromatic N) is 5. The Labute approximate surface area is 207 Å². The molecule has 8 heteroatoms. The van der Waals surface area contributed by atoms with E-state index in [1.54, 1.807) is 6.07 Å². The van der Waals surface area contributed by atoms with Gasteiger partial charge in [0, 0.05) is 51.0 Å². The molecule has 3 aromatic rings. The van der Waals surface area contributed by atoms with Crippen LogP contribution in [0.1, 0.15) is 35.4 Å². The highest BCUT2D eigenvalue weighted by molar-refractivity contribution is 5.83. The second-order valence-electron chi connectivity index (χ2n) is 10.1. The van der Waals surface area contributed by atoms with Gasteiger partial charge in [-0.05, 0) is 62.9 Å². The molecular formula is C27H38N6O2. The molecule has 2 aliphatic heterocycles. The first-order valence-electron chi connectivity index (χ1n) is 12.9. The van der Waals surface area contributed by atoms with Crippen molar-refractivity contribution in [1.82, 2.24) is 24.3 Å². The van der Waals surface area contributed by atoms with Crippen LogP contribution in [0.2, 0.25) is 0 Å². The molecule has 0 unspecified atom stereocenters. The van der Waals surface area contributed by atoms with Crippen LogP contribution in [0.15, 0.2) is 24.3 Å². The van der Waals surface area contributed by atoms with Crippen molar-refractivity contribution >= 4 is 17.0 Å². The molecule has 8 nitrogen and oxygen atoms in total. The number of ether oxygens (including phenoxy) is 1. The van der Waals surface area contributed by atoms with E-state index in [2.05, 4.69) is 50.6 Å². The number of pyridine rings is 1. The molecule has 0 radical (unpaired) electrons.